The van der Waals surface area contributed by atoms with Crippen LogP contribution in [0, 0.1) is 12.7 Å². The van der Waals surface area contributed by atoms with Gasteiger partial charge in [0.05, 0.1) is 6.26 Å². The van der Waals surface area contributed by atoms with E-state index in [1.54, 1.807) is 31.2 Å². The maximum atomic E-state index is 14.6. The first-order chi connectivity index (χ1) is 16.3. The monoisotopic (exact) mass is 463 g/mol. The minimum atomic E-state index is -1.00. The molecule has 34 heavy (non-hydrogen) atoms. The second kappa shape index (κ2) is 10.1. The summed E-state index contributed by atoms with van der Waals surface area (Å²) in [5, 5.41) is 3.12. The van der Waals surface area contributed by atoms with Crippen LogP contribution in [0.15, 0.2) is 65.3 Å². The maximum absolute atomic E-state index is 14.6. The summed E-state index contributed by atoms with van der Waals surface area (Å²) in [7, 11) is 3.86. The van der Waals surface area contributed by atoms with E-state index in [9.17, 15) is 14.0 Å². The molecule has 0 unspecified atom stereocenters. The third kappa shape index (κ3) is 4.98. The van der Waals surface area contributed by atoms with Crippen LogP contribution in [0.3, 0.4) is 0 Å². The van der Waals surface area contributed by atoms with Crippen molar-refractivity contribution in [3.8, 4) is 0 Å². The summed E-state index contributed by atoms with van der Waals surface area (Å²) < 4.78 is 20.0. The summed E-state index contributed by atoms with van der Waals surface area (Å²) in [4.78, 5) is 30.7. The highest BCUT2D eigenvalue weighted by Gasteiger charge is 2.36. The van der Waals surface area contributed by atoms with E-state index < -0.39 is 17.8 Å². The van der Waals surface area contributed by atoms with E-state index >= 15 is 0 Å². The Kier molecular flexibility index (Phi) is 7.01. The van der Waals surface area contributed by atoms with Gasteiger partial charge in [-0.05, 0) is 67.3 Å². The summed E-state index contributed by atoms with van der Waals surface area (Å²) in [6, 6.07) is 14.2. The van der Waals surface area contributed by atoms with Crippen molar-refractivity contribution >= 4 is 23.2 Å². The molecule has 7 heteroatoms. The molecule has 0 spiro atoms. The topological polar surface area (TPSA) is 65.8 Å². The summed E-state index contributed by atoms with van der Waals surface area (Å²) >= 11 is 0. The zero-order valence-electron chi connectivity index (χ0n) is 19.8. The van der Waals surface area contributed by atoms with Gasteiger partial charge in [0.1, 0.15) is 11.9 Å². The average molecular weight is 464 g/mol. The second-order valence-corrected chi connectivity index (χ2v) is 8.96. The smallest absolute Gasteiger partial charge is 0.294 e. The van der Waals surface area contributed by atoms with Gasteiger partial charge in [0, 0.05) is 31.5 Å². The highest BCUT2D eigenvalue weighted by Crippen LogP contribution is 2.32. The maximum Gasteiger partial charge on any atom is 0.294 e. The first-order valence-electron chi connectivity index (χ1n) is 11.6. The molecule has 1 atom stereocenters. The van der Waals surface area contributed by atoms with Crippen molar-refractivity contribution in [1.82, 2.24) is 5.32 Å². The molecule has 1 aromatic heterocycles. The van der Waals surface area contributed by atoms with E-state index in [-0.39, 0.29) is 23.4 Å². The molecule has 0 saturated heterocycles. The number of aryl methyl sites for hydroxylation is 1. The van der Waals surface area contributed by atoms with Crippen molar-refractivity contribution in [3.05, 3.63) is 83.6 Å². The van der Waals surface area contributed by atoms with Crippen LogP contribution in [-0.4, -0.2) is 32.0 Å². The summed E-state index contributed by atoms with van der Waals surface area (Å²) in [6.45, 7) is 1.65. The minimum absolute atomic E-state index is 0.0615. The number of amides is 2. The Labute approximate surface area is 199 Å². The van der Waals surface area contributed by atoms with Gasteiger partial charge >= 0.3 is 0 Å². The molecule has 4 rings (SSSR count). The molecule has 1 N–H and O–H groups in total. The highest BCUT2D eigenvalue weighted by molar-refractivity contribution is 6.08. The van der Waals surface area contributed by atoms with Crippen molar-refractivity contribution in [2.24, 2.45) is 0 Å². The molecule has 2 amide bonds. The number of nitrogens with zero attached hydrogens (tertiary/aromatic N) is 2. The van der Waals surface area contributed by atoms with Crippen molar-refractivity contribution in [3.63, 3.8) is 0 Å². The molecule has 178 valence electrons. The van der Waals surface area contributed by atoms with Crippen molar-refractivity contribution in [2.45, 2.75) is 44.7 Å². The van der Waals surface area contributed by atoms with Crippen LogP contribution in [0.25, 0.3) is 0 Å². The Morgan fingerprint density at radius 1 is 1.03 bits per heavy atom. The number of nitrogens with one attached hydrogen (secondary N) is 1. The molecule has 3 aromatic rings. The summed E-state index contributed by atoms with van der Waals surface area (Å²) in [6.07, 6.45) is 5.34. The molecule has 1 heterocycles. The lowest BCUT2D eigenvalue weighted by Gasteiger charge is -2.32. The van der Waals surface area contributed by atoms with E-state index in [4.69, 9.17) is 4.42 Å². The van der Waals surface area contributed by atoms with Crippen LogP contribution in [0.2, 0.25) is 0 Å². The number of anilines is 2. The number of hydrogen-bond acceptors (Lipinski definition) is 4. The van der Waals surface area contributed by atoms with Crippen LogP contribution in [-0.2, 0) is 4.79 Å². The molecule has 6 nitrogen and oxygen atoms in total. The fourth-order valence-electron chi connectivity index (χ4n) is 4.36. The highest BCUT2D eigenvalue weighted by atomic mass is 19.1. The van der Waals surface area contributed by atoms with Crippen molar-refractivity contribution < 1.29 is 18.4 Å². The van der Waals surface area contributed by atoms with Gasteiger partial charge in [-0.2, -0.15) is 0 Å². The van der Waals surface area contributed by atoms with Crippen LogP contribution in [0.4, 0.5) is 15.8 Å². The molecule has 0 radical (unpaired) electrons. The van der Waals surface area contributed by atoms with E-state index in [2.05, 4.69) is 5.32 Å². The van der Waals surface area contributed by atoms with Crippen LogP contribution >= 0.6 is 0 Å². The van der Waals surface area contributed by atoms with E-state index in [0.717, 1.165) is 31.4 Å². The van der Waals surface area contributed by atoms with Crippen LogP contribution < -0.4 is 15.1 Å². The Bertz CT molecular complexity index is 1140. The van der Waals surface area contributed by atoms with Gasteiger partial charge in [0.2, 0.25) is 5.91 Å². The van der Waals surface area contributed by atoms with Crippen LogP contribution in [0.5, 0.6) is 0 Å². The van der Waals surface area contributed by atoms with Crippen molar-refractivity contribution in [1.29, 1.82) is 0 Å². The van der Waals surface area contributed by atoms with Gasteiger partial charge in [0.15, 0.2) is 5.76 Å². The first-order valence-corrected chi connectivity index (χ1v) is 11.6. The standard InChI is InChI=1S/C27H30FN3O3/c1-18-10-13-22(17-23(18)28)31(27(33)24-9-6-16-34-24)25(26(32)29-20-7-4-5-8-20)19-11-14-21(15-12-19)30(2)3/h6,9-17,20,25H,4-5,7-8H2,1-3H3,(H,29,32)/t25-/m1/s1. The van der Waals surface area contributed by atoms with Gasteiger partial charge in [-0.15, -0.1) is 0 Å². The molecule has 0 bridgehead atoms. The van der Waals surface area contributed by atoms with Gasteiger partial charge in [0.25, 0.3) is 5.91 Å². The van der Waals surface area contributed by atoms with Crippen LogP contribution in [0.1, 0.15) is 53.4 Å². The molecule has 1 aliphatic carbocycles. The molecule has 1 aliphatic rings. The Morgan fingerprint density at radius 2 is 1.71 bits per heavy atom. The summed E-state index contributed by atoms with van der Waals surface area (Å²) in [5.74, 6) is -1.20. The van der Waals surface area contributed by atoms with Gasteiger partial charge in [-0.3, -0.25) is 14.5 Å². The van der Waals surface area contributed by atoms with E-state index in [1.165, 1.54) is 17.2 Å². The molecule has 1 fully saturated rings. The predicted octanol–water partition coefficient (Wildman–Crippen LogP) is 5.24. The SMILES string of the molecule is Cc1ccc(N(C(=O)c2ccco2)[C@@H](C(=O)NC2CCCC2)c2ccc(N(C)C)cc2)cc1F. The predicted molar refractivity (Wildman–Crippen MR) is 131 cm³/mol. The van der Waals surface area contributed by atoms with Crippen molar-refractivity contribution in [2.75, 3.05) is 23.9 Å². The Balaban J connectivity index is 1.82. The number of halogens is 1. The van der Waals surface area contributed by atoms with E-state index in [1.807, 2.05) is 43.3 Å². The zero-order chi connectivity index (χ0) is 24.2. The van der Waals surface area contributed by atoms with Gasteiger partial charge in [-0.25, -0.2) is 4.39 Å². The Morgan fingerprint density at radius 3 is 2.29 bits per heavy atom. The lowest BCUT2D eigenvalue weighted by Crippen LogP contribution is -2.46. The normalized spacial score (nSPS) is 14.6. The van der Waals surface area contributed by atoms with Gasteiger partial charge < -0.3 is 14.6 Å². The fraction of sp³-hybridized carbons (Fsp3) is 0.333. The quantitative estimate of drug-likeness (QED) is 0.520. The zero-order valence-corrected chi connectivity index (χ0v) is 19.8. The average Bonchev–Trinajstić information content (AvgIpc) is 3.53. The molecule has 1 saturated carbocycles. The third-order valence-corrected chi connectivity index (χ3v) is 6.32. The number of hydrogen-bond donors (Lipinski definition) is 1. The summed E-state index contributed by atoms with van der Waals surface area (Å²) in [5.41, 5.74) is 2.33. The minimum Gasteiger partial charge on any atom is -0.459 e. The second-order valence-electron chi connectivity index (χ2n) is 8.96. The number of rotatable bonds is 7. The first kappa shape index (κ1) is 23.5. The lowest BCUT2D eigenvalue weighted by molar-refractivity contribution is -0.123. The third-order valence-electron chi connectivity index (χ3n) is 6.32. The molecular formula is C27H30FN3O3. The molecule has 2 aromatic carbocycles. The number of benzene rings is 2. The van der Waals surface area contributed by atoms with E-state index in [0.29, 0.717) is 11.1 Å². The van der Waals surface area contributed by atoms with Gasteiger partial charge in [-0.1, -0.05) is 31.0 Å². The molecule has 0 aliphatic heterocycles. The number of carbonyl (C=O) groups excluding carboxylic acids is 2. The number of furan rings is 1. The Hall–Kier alpha value is -3.61. The lowest BCUT2D eigenvalue weighted by atomic mass is 10.0. The molecular weight excluding hydrogens is 433 g/mol. The number of carbonyl (C=O) groups is 2. The largest absolute Gasteiger partial charge is 0.459 e. The fourth-order valence-corrected chi connectivity index (χ4v) is 4.36.